The van der Waals surface area contributed by atoms with Gasteiger partial charge in [-0.1, -0.05) is 0 Å². The minimum absolute atomic E-state index is 0.473. The third-order valence-electron chi connectivity index (χ3n) is 4.03. The van der Waals surface area contributed by atoms with Crippen LogP contribution < -0.4 is 5.32 Å². The maximum atomic E-state index is 4.63. The Morgan fingerprint density at radius 3 is 2.68 bits per heavy atom. The lowest BCUT2D eigenvalue weighted by Crippen LogP contribution is -2.28. The standard InChI is InChI=1S/C16H22N6/c1-11(2)22-8-5-13(10-22)14-9-15(20-12(3)19-14)21-16-17-6-4-7-18-16/h4,6-7,9,11,13H,5,8,10H2,1-3H3,(H,17,18,19,20,21). The number of nitrogens with zero attached hydrogens (tertiary/aromatic N) is 5. The van der Waals surface area contributed by atoms with E-state index in [0.717, 1.165) is 36.8 Å². The topological polar surface area (TPSA) is 66.8 Å². The molecule has 3 heterocycles. The predicted molar refractivity (Wildman–Crippen MR) is 86.2 cm³/mol. The van der Waals surface area contributed by atoms with Gasteiger partial charge in [-0.2, -0.15) is 0 Å². The molecule has 1 aliphatic heterocycles. The van der Waals surface area contributed by atoms with Crippen LogP contribution in [0.1, 0.15) is 37.7 Å². The zero-order chi connectivity index (χ0) is 15.5. The Balaban J connectivity index is 1.79. The molecule has 0 spiro atoms. The highest BCUT2D eigenvalue weighted by Gasteiger charge is 2.26. The van der Waals surface area contributed by atoms with Crippen LogP contribution in [0, 0.1) is 6.92 Å². The maximum absolute atomic E-state index is 4.63. The molecule has 1 atom stereocenters. The highest BCUT2D eigenvalue weighted by Crippen LogP contribution is 2.28. The molecule has 0 aliphatic carbocycles. The molecule has 1 saturated heterocycles. The van der Waals surface area contributed by atoms with Gasteiger partial charge in [0.15, 0.2) is 0 Å². The van der Waals surface area contributed by atoms with Crippen molar-refractivity contribution in [3.8, 4) is 0 Å². The second-order valence-electron chi connectivity index (χ2n) is 6.00. The molecule has 2 aromatic rings. The van der Waals surface area contributed by atoms with Crippen molar-refractivity contribution in [1.29, 1.82) is 0 Å². The normalized spacial score (nSPS) is 18.8. The summed E-state index contributed by atoms with van der Waals surface area (Å²) in [4.78, 5) is 19.9. The Labute approximate surface area is 131 Å². The van der Waals surface area contributed by atoms with Crippen molar-refractivity contribution in [3.63, 3.8) is 0 Å². The number of aryl methyl sites for hydroxylation is 1. The Morgan fingerprint density at radius 2 is 2.00 bits per heavy atom. The zero-order valence-electron chi connectivity index (χ0n) is 13.3. The number of hydrogen-bond acceptors (Lipinski definition) is 6. The molecule has 3 rings (SSSR count). The molecular weight excluding hydrogens is 276 g/mol. The Bertz CT molecular complexity index is 628. The SMILES string of the molecule is Cc1nc(Nc2ncccn2)cc(C2CCN(C(C)C)C2)n1. The van der Waals surface area contributed by atoms with E-state index >= 15 is 0 Å². The van der Waals surface area contributed by atoms with Gasteiger partial charge in [0.1, 0.15) is 11.6 Å². The van der Waals surface area contributed by atoms with Crippen molar-refractivity contribution in [2.75, 3.05) is 18.4 Å². The van der Waals surface area contributed by atoms with Crippen LogP contribution in [0.15, 0.2) is 24.5 Å². The Morgan fingerprint density at radius 1 is 1.23 bits per heavy atom. The van der Waals surface area contributed by atoms with E-state index in [4.69, 9.17) is 0 Å². The van der Waals surface area contributed by atoms with E-state index < -0.39 is 0 Å². The monoisotopic (exact) mass is 298 g/mol. The van der Waals surface area contributed by atoms with Crippen LogP contribution in [0.3, 0.4) is 0 Å². The molecule has 1 aliphatic rings. The molecule has 1 fully saturated rings. The number of anilines is 2. The molecule has 2 aromatic heterocycles. The van der Waals surface area contributed by atoms with E-state index in [0.29, 0.717) is 17.9 Å². The highest BCUT2D eigenvalue weighted by molar-refractivity contribution is 5.48. The van der Waals surface area contributed by atoms with E-state index in [1.165, 1.54) is 0 Å². The molecule has 0 saturated carbocycles. The first kappa shape index (κ1) is 14.8. The van der Waals surface area contributed by atoms with E-state index in [1.807, 2.05) is 13.0 Å². The average Bonchev–Trinajstić information content (AvgIpc) is 2.98. The summed E-state index contributed by atoms with van der Waals surface area (Å²) in [5, 5.41) is 3.16. The van der Waals surface area contributed by atoms with Gasteiger partial charge in [-0.05, 0) is 39.8 Å². The second kappa shape index (κ2) is 6.36. The second-order valence-corrected chi connectivity index (χ2v) is 6.00. The highest BCUT2D eigenvalue weighted by atomic mass is 15.2. The summed E-state index contributed by atoms with van der Waals surface area (Å²) in [6, 6.07) is 4.40. The molecule has 0 radical (unpaired) electrons. The van der Waals surface area contributed by atoms with E-state index in [2.05, 4.69) is 44.0 Å². The fourth-order valence-corrected chi connectivity index (χ4v) is 2.84. The summed E-state index contributed by atoms with van der Waals surface area (Å²) in [5.41, 5.74) is 1.11. The lowest BCUT2D eigenvalue weighted by atomic mass is 10.0. The van der Waals surface area contributed by atoms with Crippen LogP contribution in [0.5, 0.6) is 0 Å². The number of nitrogens with one attached hydrogen (secondary N) is 1. The van der Waals surface area contributed by atoms with Crippen molar-refractivity contribution in [1.82, 2.24) is 24.8 Å². The van der Waals surface area contributed by atoms with Crippen molar-refractivity contribution in [2.45, 2.75) is 39.2 Å². The molecule has 0 bridgehead atoms. The number of aromatic nitrogens is 4. The summed E-state index contributed by atoms with van der Waals surface area (Å²) in [7, 11) is 0. The smallest absolute Gasteiger partial charge is 0.228 e. The largest absolute Gasteiger partial charge is 0.309 e. The minimum Gasteiger partial charge on any atom is -0.309 e. The van der Waals surface area contributed by atoms with Crippen LogP contribution in [0.4, 0.5) is 11.8 Å². The molecule has 6 heteroatoms. The molecule has 6 nitrogen and oxygen atoms in total. The van der Waals surface area contributed by atoms with Crippen LogP contribution >= 0.6 is 0 Å². The minimum atomic E-state index is 0.473. The summed E-state index contributed by atoms with van der Waals surface area (Å²) in [5.74, 6) is 2.57. The molecule has 0 aromatic carbocycles. The van der Waals surface area contributed by atoms with E-state index in [1.54, 1.807) is 18.5 Å². The van der Waals surface area contributed by atoms with E-state index in [-0.39, 0.29) is 0 Å². The fraction of sp³-hybridized carbons (Fsp3) is 0.500. The van der Waals surface area contributed by atoms with Gasteiger partial charge in [0.05, 0.1) is 5.69 Å². The van der Waals surface area contributed by atoms with Gasteiger partial charge in [-0.3, -0.25) is 0 Å². The van der Waals surface area contributed by atoms with Crippen LogP contribution in [0.25, 0.3) is 0 Å². The summed E-state index contributed by atoms with van der Waals surface area (Å²) >= 11 is 0. The third-order valence-corrected chi connectivity index (χ3v) is 4.03. The molecule has 116 valence electrons. The Hall–Kier alpha value is -2.08. The lowest BCUT2D eigenvalue weighted by molar-refractivity contribution is 0.272. The zero-order valence-corrected chi connectivity index (χ0v) is 13.3. The molecule has 22 heavy (non-hydrogen) atoms. The van der Waals surface area contributed by atoms with Crippen molar-refractivity contribution >= 4 is 11.8 Å². The molecular formula is C16H22N6. The predicted octanol–water partition coefficient (Wildman–Crippen LogP) is 2.52. The maximum Gasteiger partial charge on any atom is 0.228 e. The summed E-state index contributed by atoms with van der Waals surface area (Å²) < 4.78 is 0. The van der Waals surface area contributed by atoms with Crippen LogP contribution in [-0.4, -0.2) is 44.0 Å². The summed E-state index contributed by atoms with van der Waals surface area (Å²) in [6.45, 7) is 8.61. The van der Waals surface area contributed by atoms with Gasteiger partial charge in [-0.15, -0.1) is 0 Å². The average molecular weight is 298 g/mol. The molecule has 0 amide bonds. The summed E-state index contributed by atoms with van der Waals surface area (Å²) in [6.07, 6.45) is 4.57. The van der Waals surface area contributed by atoms with Gasteiger partial charge >= 0.3 is 0 Å². The van der Waals surface area contributed by atoms with Gasteiger partial charge in [-0.25, -0.2) is 19.9 Å². The van der Waals surface area contributed by atoms with Crippen molar-refractivity contribution < 1.29 is 0 Å². The number of rotatable bonds is 4. The molecule has 1 unspecified atom stereocenters. The van der Waals surface area contributed by atoms with Gasteiger partial charge < -0.3 is 10.2 Å². The number of hydrogen-bond donors (Lipinski definition) is 1. The third kappa shape index (κ3) is 3.39. The first-order valence-electron chi connectivity index (χ1n) is 7.75. The lowest BCUT2D eigenvalue weighted by Gasteiger charge is -2.20. The first-order chi connectivity index (χ1) is 10.6. The van der Waals surface area contributed by atoms with Gasteiger partial charge in [0, 0.05) is 37.0 Å². The van der Waals surface area contributed by atoms with Crippen molar-refractivity contribution in [2.24, 2.45) is 0 Å². The number of likely N-dealkylation sites (tertiary alicyclic amines) is 1. The molecule has 1 N–H and O–H groups in total. The quantitative estimate of drug-likeness (QED) is 0.935. The van der Waals surface area contributed by atoms with Gasteiger partial charge in [0.2, 0.25) is 5.95 Å². The van der Waals surface area contributed by atoms with Crippen molar-refractivity contribution in [3.05, 3.63) is 36.0 Å². The van der Waals surface area contributed by atoms with Gasteiger partial charge in [0.25, 0.3) is 0 Å². The first-order valence-corrected chi connectivity index (χ1v) is 7.75. The van der Waals surface area contributed by atoms with E-state index in [9.17, 15) is 0 Å². The Kier molecular flexibility index (Phi) is 4.29. The fourth-order valence-electron chi connectivity index (χ4n) is 2.84. The van der Waals surface area contributed by atoms with Crippen LogP contribution in [0.2, 0.25) is 0 Å². The van der Waals surface area contributed by atoms with Crippen LogP contribution in [-0.2, 0) is 0 Å².